The van der Waals surface area contributed by atoms with Gasteiger partial charge in [-0.05, 0) is 43.7 Å². The number of hydrogen-bond donors (Lipinski definition) is 0. The molecule has 0 aliphatic rings. The second-order valence-corrected chi connectivity index (χ2v) is 9.68. The highest BCUT2D eigenvalue weighted by atomic mass is 79.9. The van der Waals surface area contributed by atoms with Gasteiger partial charge in [-0.25, -0.2) is 0 Å². The number of benzene rings is 3. The Hall–Kier alpha value is -1.47. The predicted octanol–water partition coefficient (Wildman–Crippen LogP) is 2.12. The second-order valence-electron chi connectivity index (χ2n) is 6.22. The molecular formula is C23H27BrNP. The zero-order valence-electron chi connectivity index (χ0n) is 15.6. The van der Waals surface area contributed by atoms with Crippen molar-refractivity contribution in [2.75, 3.05) is 13.1 Å². The Kier molecular flexibility index (Phi) is 8.03. The van der Waals surface area contributed by atoms with Crippen molar-refractivity contribution in [1.29, 1.82) is 0 Å². The van der Waals surface area contributed by atoms with Crippen molar-refractivity contribution < 1.29 is 17.0 Å². The van der Waals surface area contributed by atoms with Gasteiger partial charge in [0.2, 0.25) is 0 Å². The molecule has 0 bridgehead atoms. The van der Waals surface area contributed by atoms with E-state index in [0.29, 0.717) is 0 Å². The van der Waals surface area contributed by atoms with Crippen molar-refractivity contribution in [2.45, 2.75) is 20.0 Å². The molecule has 0 heterocycles. The molecule has 3 heteroatoms. The van der Waals surface area contributed by atoms with Gasteiger partial charge in [-0.2, -0.15) is 4.67 Å². The topological polar surface area (TPSA) is 3.24 Å². The summed E-state index contributed by atoms with van der Waals surface area (Å²) in [7, 11) is -1.70. The molecule has 26 heavy (non-hydrogen) atoms. The number of rotatable bonds is 7. The molecule has 3 rings (SSSR count). The van der Waals surface area contributed by atoms with Gasteiger partial charge >= 0.3 is 0 Å². The molecule has 0 unspecified atom stereocenters. The Morgan fingerprint density at radius 3 is 1.38 bits per heavy atom. The van der Waals surface area contributed by atoms with Crippen LogP contribution in [0, 0.1) is 0 Å². The smallest absolute Gasteiger partial charge is 0.153 e. The largest absolute Gasteiger partial charge is 1.00 e. The van der Waals surface area contributed by atoms with Crippen molar-refractivity contribution in [2.24, 2.45) is 0 Å². The normalized spacial score (nSPS) is 11.2. The summed E-state index contributed by atoms with van der Waals surface area (Å²) in [6.07, 6.45) is 1.07. The van der Waals surface area contributed by atoms with Crippen LogP contribution in [0.2, 0.25) is 0 Å². The molecule has 0 fully saturated rings. The molecule has 0 spiro atoms. The fourth-order valence-corrected chi connectivity index (χ4v) is 8.21. The summed E-state index contributed by atoms with van der Waals surface area (Å²) in [5.74, 6) is 0. The van der Waals surface area contributed by atoms with Crippen molar-refractivity contribution in [3.8, 4) is 0 Å². The van der Waals surface area contributed by atoms with Crippen LogP contribution < -0.4 is 27.6 Å². The van der Waals surface area contributed by atoms with Gasteiger partial charge in [0.1, 0.15) is 16.8 Å². The summed E-state index contributed by atoms with van der Waals surface area (Å²) in [5, 5.41) is 2.93. The Morgan fingerprint density at radius 2 is 1.00 bits per heavy atom. The molecule has 1 nitrogen and oxygen atoms in total. The molecule has 0 aliphatic carbocycles. The highest BCUT2D eigenvalue weighted by Crippen LogP contribution is 2.62. The molecule has 0 saturated heterocycles. The summed E-state index contributed by atoms with van der Waals surface area (Å²) >= 11 is 0. The predicted molar refractivity (Wildman–Crippen MR) is 112 cm³/mol. The van der Waals surface area contributed by atoms with Gasteiger partial charge in [0.25, 0.3) is 0 Å². The van der Waals surface area contributed by atoms with E-state index < -0.39 is 7.41 Å². The molecule has 0 N–H and O–H groups in total. The first-order valence-electron chi connectivity index (χ1n) is 9.10. The Labute approximate surface area is 169 Å². The van der Waals surface area contributed by atoms with E-state index in [1.54, 1.807) is 0 Å². The fraction of sp³-hybridized carbons (Fsp3) is 0.217. The first kappa shape index (κ1) is 20.8. The molecule has 0 radical (unpaired) electrons. The molecule has 136 valence electrons. The zero-order valence-corrected chi connectivity index (χ0v) is 18.0. The fourth-order valence-electron chi connectivity index (χ4n) is 3.66. The van der Waals surface area contributed by atoms with E-state index in [1.165, 1.54) is 16.2 Å². The highest BCUT2D eigenvalue weighted by molar-refractivity contribution is 7.86. The quantitative estimate of drug-likeness (QED) is 0.522. The van der Waals surface area contributed by atoms with Crippen molar-refractivity contribution >= 4 is 18.0 Å². The van der Waals surface area contributed by atoms with Crippen LogP contribution in [-0.4, -0.2) is 17.8 Å². The summed E-state index contributed by atoms with van der Waals surface area (Å²) in [6.45, 7) is 6.69. The number of nitrogens with zero attached hydrogens (tertiary/aromatic N) is 1. The van der Waals surface area contributed by atoms with Gasteiger partial charge in [-0.15, -0.1) is 0 Å². The lowest BCUT2D eigenvalue weighted by Crippen LogP contribution is -3.00. The van der Waals surface area contributed by atoms with Gasteiger partial charge in [-0.1, -0.05) is 66.7 Å². The van der Waals surface area contributed by atoms with Crippen LogP contribution >= 0.6 is 7.41 Å². The lowest BCUT2D eigenvalue weighted by molar-refractivity contribution is -0.00000520. The number of halogens is 1. The lowest BCUT2D eigenvalue weighted by atomic mass is 10.2. The van der Waals surface area contributed by atoms with Crippen LogP contribution in [0.5, 0.6) is 0 Å². The molecule has 0 saturated carbocycles. The standard InChI is InChI=1S/C23H27NP.BrH/c1-3-24(4-2)25(22-16-10-6-11-17-22,23-18-12-7-13-19-23)20-21-14-8-5-9-15-21;/h5-19H,3-4,20H2,1-2H3;1H/q+1;/p-1. The second kappa shape index (κ2) is 10.0. The highest BCUT2D eigenvalue weighted by Gasteiger charge is 2.47. The maximum Gasteiger partial charge on any atom is 0.153 e. The van der Waals surface area contributed by atoms with E-state index in [0.717, 1.165) is 19.3 Å². The molecule has 0 amide bonds. The summed E-state index contributed by atoms with van der Waals surface area (Å²) in [4.78, 5) is 0. The van der Waals surface area contributed by atoms with E-state index in [2.05, 4.69) is 110 Å². The third-order valence-electron chi connectivity index (χ3n) is 4.83. The molecule has 0 aliphatic heterocycles. The van der Waals surface area contributed by atoms with Gasteiger partial charge < -0.3 is 17.0 Å². The van der Waals surface area contributed by atoms with Crippen LogP contribution in [0.1, 0.15) is 19.4 Å². The van der Waals surface area contributed by atoms with Crippen LogP contribution in [-0.2, 0) is 6.16 Å². The zero-order chi connectivity index (χ0) is 17.5. The van der Waals surface area contributed by atoms with Gasteiger partial charge in [0, 0.05) is 13.1 Å². The molecule has 0 aromatic heterocycles. The summed E-state index contributed by atoms with van der Waals surface area (Å²) < 4.78 is 2.70. The molecule has 0 atom stereocenters. The van der Waals surface area contributed by atoms with Crippen LogP contribution in [0.4, 0.5) is 0 Å². The summed E-state index contributed by atoms with van der Waals surface area (Å²) in [5.41, 5.74) is 1.41. The van der Waals surface area contributed by atoms with E-state index in [9.17, 15) is 0 Å². The minimum atomic E-state index is -1.70. The van der Waals surface area contributed by atoms with E-state index in [1.807, 2.05) is 0 Å². The Morgan fingerprint density at radius 1 is 0.615 bits per heavy atom. The lowest BCUT2D eigenvalue weighted by Gasteiger charge is -2.36. The Bertz CT molecular complexity index is 718. The van der Waals surface area contributed by atoms with Crippen molar-refractivity contribution in [3.63, 3.8) is 0 Å². The average molecular weight is 428 g/mol. The molecule has 3 aromatic rings. The van der Waals surface area contributed by atoms with Crippen LogP contribution in [0.25, 0.3) is 0 Å². The van der Waals surface area contributed by atoms with E-state index >= 15 is 0 Å². The van der Waals surface area contributed by atoms with Gasteiger partial charge in [-0.3, -0.25) is 0 Å². The third-order valence-corrected chi connectivity index (χ3v) is 9.49. The van der Waals surface area contributed by atoms with Crippen LogP contribution in [0.15, 0.2) is 91.0 Å². The van der Waals surface area contributed by atoms with E-state index in [4.69, 9.17) is 0 Å². The summed E-state index contributed by atoms with van der Waals surface area (Å²) in [6, 6.07) is 33.2. The Balaban J connectivity index is 0.00000243. The van der Waals surface area contributed by atoms with Gasteiger partial charge in [0.15, 0.2) is 7.41 Å². The average Bonchev–Trinajstić information content (AvgIpc) is 2.70. The molecule has 3 aromatic carbocycles. The minimum Gasteiger partial charge on any atom is -1.00 e. The SMILES string of the molecule is CCN(CC)[P+](Cc1ccccc1)(c1ccccc1)c1ccccc1.[Br-]. The monoisotopic (exact) mass is 427 g/mol. The van der Waals surface area contributed by atoms with Crippen LogP contribution in [0.3, 0.4) is 0 Å². The van der Waals surface area contributed by atoms with E-state index in [-0.39, 0.29) is 17.0 Å². The van der Waals surface area contributed by atoms with Crippen molar-refractivity contribution in [3.05, 3.63) is 96.6 Å². The third kappa shape index (κ3) is 4.26. The first-order chi connectivity index (χ1) is 12.3. The maximum absolute atomic E-state index is 2.70. The molecular weight excluding hydrogens is 401 g/mol. The maximum atomic E-state index is 2.70. The first-order valence-corrected chi connectivity index (χ1v) is 11.0. The number of hydrogen-bond acceptors (Lipinski definition) is 1. The van der Waals surface area contributed by atoms with Crippen molar-refractivity contribution in [1.82, 2.24) is 4.67 Å². The van der Waals surface area contributed by atoms with Gasteiger partial charge in [0.05, 0.1) is 0 Å². The minimum absolute atomic E-state index is 0.